The van der Waals surface area contributed by atoms with E-state index in [1.165, 1.54) is 18.2 Å². The van der Waals surface area contributed by atoms with Gasteiger partial charge in [-0.2, -0.15) is 8.78 Å². The minimum atomic E-state index is -3.04. The summed E-state index contributed by atoms with van der Waals surface area (Å²) in [6, 6.07) is 4.23. The number of aromatic nitrogens is 1. The van der Waals surface area contributed by atoms with E-state index in [9.17, 15) is 13.6 Å². The van der Waals surface area contributed by atoms with E-state index in [-0.39, 0.29) is 33.5 Å². The summed E-state index contributed by atoms with van der Waals surface area (Å²) < 4.78 is 34.7. The lowest BCUT2D eigenvalue weighted by atomic mass is 10.0. The van der Waals surface area contributed by atoms with Crippen molar-refractivity contribution in [2.75, 3.05) is 0 Å². The van der Waals surface area contributed by atoms with Crippen LogP contribution in [0.15, 0.2) is 22.7 Å². The van der Waals surface area contributed by atoms with Crippen LogP contribution in [0.25, 0.3) is 11.3 Å². The highest BCUT2D eigenvalue weighted by Gasteiger charge is 2.36. The number of ether oxygens (including phenoxy) is 1. The molecule has 8 heteroatoms. The van der Waals surface area contributed by atoms with Gasteiger partial charge in [-0.1, -0.05) is 22.8 Å². The van der Waals surface area contributed by atoms with Gasteiger partial charge < -0.3 is 9.26 Å². The maximum absolute atomic E-state index is 12.5. The first-order chi connectivity index (χ1) is 10.5. The zero-order valence-corrected chi connectivity index (χ0v) is 12.5. The second kappa shape index (κ2) is 5.85. The molecule has 1 aromatic carbocycles. The van der Waals surface area contributed by atoms with Crippen LogP contribution in [0.4, 0.5) is 8.78 Å². The number of benzene rings is 1. The van der Waals surface area contributed by atoms with Gasteiger partial charge in [0.25, 0.3) is 5.24 Å². The standard InChI is InChI=1S/C14H9Cl2F2NO3/c15-7-2-1-3-8(21-14(17)18)9(7)11-10(13(16)20)12(22-19-11)6-4-5-6/h1-3,6,14H,4-5H2. The maximum atomic E-state index is 12.5. The molecule has 0 N–H and O–H groups in total. The second-order valence-electron chi connectivity index (χ2n) is 4.81. The van der Waals surface area contributed by atoms with Crippen molar-refractivity contribution in [1.82, 2.24) is 5.16 Å². The fourth-order valence-corrected chi connectivity index (χ4v) is 2.65. The third kappa shape index (κ3) is 2.80. The molecule has 0 atom stereocenters. The molecule has 2 aromatic rings. The topological polar surface area (TPSA) is 52.3 Å². The lowest BCUT2D eigenvalue weighted by Crippen LogP contribution is -2.04. The maximum Gasteiger partial charge on any atom is 0.387 e. The van der Waals surface area contributed by atoms with Gasteiger partial charge in [0.1, 0.15) is 17.0 Å². The van der Waals surface area contributed by atoms with Crippen molar-refractivity contribution in [3.05, 3.63) is 34.5 Å². The van der Waals surface area contributed by atoms with Gasteiger partial charge in [0.15, 0.2) is 5.76 Å². The molecule has 4 nitrogen and oxygen atoms in total. The smallest absolute Gasteiger partial charge is 0.387 e. The summed E-state index contributed by atoms with van der Waals surface area (Å²) in [5.41, 5.74) is 0.128. The molecule has 0 unspecified atom stereocenters. The van der Waals surface area contributed by atoms with Crippen LogP contribution in [0, 0.1) is 0 Å². The molecule has 0 bridgehead atoms. The number of hydrogen-bond donors (Lipinski definition) is 0. The van der Waals surface area contributed by atoms with E-state index in [0.29, 0.717) is 5.76 Å². The average Bonchev–Trinajstić information content (AvgIpc) is 3.18. The molecule has 22 heavy (non-hydrogen) atoms. The van der Waals surface area contributed by atoms with E-state index >= 15 is 0 Å². The van der Waals surface area contributed by atoms with Crippen LogP contribution in [-0.2, 0) is 0 Å². The monoisotopic (exact) mass is 347 g/mol. The lowest BCUT2D eigenvalue weighted by molar-refractivity contribution is -0.0494. The molecule has 116 valence electrons. The van der Waals surface area contributed by atoms with Crippen molar-refractivity contribution in [2.24, 2.45) is 0 Å². The molecule has 0 amide bonds. The highest BCUT2D eigenvalue weighted by Crippen LogP contribution is 2.46. The predicted octanol–water partition coefficient (Wildman–Crippen LogP) is 4.85. The third-order valence-electron chi connectivity index (χ3n) is 3.29. The summed E-state index contributed by atoms with van der Waals surface area (Å²) in [6.07, 6.45) is 1.71. The summed E-state index contributed by atoms with van der Waals surface area (Å²) in [5, 5.41) is 3.14. The molecule has 0 aliphatic heterocycles. The van der Waals surface area contributed by atoms with Gasteiger partial charge in [-0.05, 0) is 36.6 Å². The van der Waals surface area contributed by atoms with Gasteiger partial charge in [0, 0.05) is 5.92 Å². The summed E-state index contributed by atoms with van der Waals surface area (Å²) >= 11 is 11.7. The molecule has 1 fully saturated rings. The van der Waals surface area contributed by atoms with E-state index in [2.05, 4.69) is 9.89 Å². The minimum absolute atomic E-state index is 0.0168. The van der Waals surface area contributed by atoms with Crippen LogP contribution in [0.1, 0.15) is 34.9 Å². The van der Waals surface area contributed by atoms with Crippen LogP contribution in [0.5, 0.6) is 5.75 Å². The molecule has 1 aromatic heterocycles. The van der Waals surface area contributed by atoms with Gasteiger partial charge in [-0.3, -0.25) is 4.79 Å². The molecule has 0 saturated heterocycles. The first-order valence-electron chi connectivity index (χ1n) is 6.42. The van der Waals surface area contributed by atoms with E-state index < -0.39 is 11.9 Å². The number of hydrogen-bond acceptors (Lipinski definition) is 4. The van der Waals surface area contributed by atoms with Crippen molar-refractivity contribution in [2.45, 2.75) is 25.4 Å². The third-order valence-corrected chi connectivity index (χ3v) is 3.80. The Morgan fingerprint density at radius 3 is 2.73 bits per heavy atom. The lowest BCUT2D eigenvalue weighted by Gasteiger charge is -2.10. The Kier molecular flexibility index (Phi) is 4.06. The number of alkyl halides is 2. The quantitative estimate of drug-likeness (QED) is 0.725. The average molecular weight is 348 g/mol. The van der Waals surface area contributed by atoms with Crippen LogP contribution >= 0.6 is 23.2 Å². The van der Waals surface area contributed by atoms with Crippen molar-refractivity contribution < 1.29 is 22.8 Å². The van der Waals surface area contributed by atoms with E-state index in [1.54, 1.807) is 0 Å². The Balaban J connectivity index is 2.17. The Labute approximate surface area is 133 Å². The zero-order valence-electron chi connectivity index (χ0n) is 11.0. The van der Waals surface area contributed by atoms with Crippen LogP contribution < -0.4 is 4.74 Å². The molecular weight excluding hydrogens is 339 g/mol. The summed E-state index contributed by atoms with van der Waals surface area (Å²) in [7, 11) is 0. The number of carbonyl (C=O) groups is 1. The Bertz CT molecular complexity index is 729. The van der Waals surface area contributed by atoms with Crippen LogP contribution in [0.3, 0.4) is 0 Å². The Hall–Kier alpha value is -1.66. The Morgan fingerprint density at radius 2 is 2.14 bits per heavy atom. The van der Waals surface area contributed by atoms with Crippen molar-refractivity contribution in [1.29, 1.82) is 0 Å². The number of carbonyl (C=O) groups excluding carboxylic acids is 1. The van der Waals surface area contributed by atoms with Gasteiger partial charge >= 0.3 is 6.61 Å². The predicted molar refractivity (Wildman–Crippen MR) is 75.7 cm³/mol. The SMILES string of the molecule is O=C(Cl)c1c(-c2c(Cl)cccc2OC(F)F)noc1C1CC1. The highest BCUT2D eigenvalue weighted by molar-refractivity contribution is 6.68. The fourth-order valence-electron chi connectivity index (χ4n) is 2.22. The number of nitrogens with zero attached hydrogens (tertiary/aromatic N) is 1. The van der Waals surface area contributed by atoms with Crippen molar-refractivity contribution in [3.63, 3.8) is 0 Å². The fraction of sp³-hybridized carbons (Fsp3) is 0.286. The van der Waals surface area contributed by atoms with E-state index in [1.807, 2.05) is 0 Å². The molecule has 3 rings (SSSR count). The minimum Gasteiger partial charge on any atom is -0.434 e. The largest absolute Gasteiger partial charge is 0.434 e. The van der Waals surface area contributed by atoms with Crippen LogP contribution in [0.2, 0.25) is 5.02 Å². The second-order valence-corrected chi connectivity index (χ2v) is 5.56. The van der Waals surface area contributed by atoms with Gasteiger partial charge in [-0.15, -0.1) is 0 Å². The Morgan fingerprint density at radius 1 is 1.41 bits per heavy atom. The number of halogens is 4. The summed E-state index contributed by atoms with van der Waals surface area (Å²) in [4.78, 5) is 11.7. The molecule has 1 aliphatic carbocycles. The first kappa shape index (κ1) is 15.2. The molecule has 1 saturated carbocycles. The van der Waals surface area contributed by atoms with Crippen molar-refractivity contribution >= 4 is 28.4 Å². The van der Waals surface area contributed by atoms with Crippen molar-refractivity contribution in [3.8, 4) is 17.0 Å². The molecule has 1 heterocycles. The highest BCUT2D eigenvalue weighted by atomic mass is 35.5. The molecule has 1 aliphatic rings. The van der Waals surface area contributed by atoms with E-state index in [4.69, 9.17) is 27.7 Å². The molecule has 0 radical (unpaired) electrons. The molecular formula is C14H9Cl2F2NO3. The van der Waals surface area contributed by atoms with E-state index in [0.717, 1.165) is 12.8 Å². The molecule has 0 spiro atoms. The summed E-state index contributed by atoms with van der Waals surface area (Å²) in [5.74, 6) is 0.233. The summed E-state index contributed by atoms with van der Waals surface area (Å²) in [6.45, 7) is -3.04. The zero-order chi connectivity index (χ0) is 15.9. The van der Waals surface area contributed by atoms with Gasteiger partial charge in [0.2, 0.25) is 0 Å². The van der Waals surface area contributed by atoms with Gasteiger partial charge in [-0.25, -0.2) is 0 Å². The number of rotatable bonds is 5. The first-order valence-corrected chi connectivity index (χ1v) is 7.17. The van der Waals surface area contributed by atoms with Crippen LogP contribution in [-0.4, -0.2) is 17.0 Å². The normalized spacial score (nSPS) is 14.4. The van der Waals surface area contributed by atoms with Gasteiger partial charge in [0.05, 0.1) is 10.6 Å².